The molecule has 7 heteroatoms. The van der Waals surface area contributed by atoms with E-state index in [1.807, 2.05) is 48.5 Å². The Bertz CT molecular complexity index is 1010. The number of ether oxygens (including phenoxy) is 1. The van der Waals surface area contributed by atoms with E-state index in [1.165, 1.54) is 44.9 Å². The van der Waals surface area contributed by atoms with Crippen molar-refractivity contribution in [3.8, 4) is 11.1 Å². The Morgan fingerprint density at radius 2 is 1.34 bits per heavy atom. The second-order valence-corrected chi connectivity index (χ2v) is 10.1. The molecule has 3 N–H and O–H groups in total. The Balaban J connectivity index is 1.35. The summed E-state index contributed by atoms with van der Waals surface area (Å²) < 4.78 is 5.43. The number of carbonyl (C=O) groups is 3. The second-order valence-electron chi connectivity index (χ2n) is 10.1. The van der Waals surface area contributed by atoms with E-state index < -0.39 is 24.0 Å². The molecule has 2 aromatic carbocycles. The largest absolute Gasteiger partial charge is 0.480 e. The van der Waals surface area contributed by atoms with Crippen LogP contribution in [0, 0.1) is 0 Å². The minimum absolute atomic E-state index is 0.0805. The molecule has 0 saturated carbocycles. The van der Waals surface area contributed by atoms with Gasteiger partial charge in [-0.05, 0) is 28.7 Å². The van der Waals surface area contributed by atoms with Crippen LogP contribution in [0.15, 0.2) is 48.5 Å². The highest BCUT2D eigenvalue weighted by molar-refractivity contribution is 5.87. The number of unbranched alkanes of at least 4 members (excludes halogenated alkanes) is 9. The Morgan fingerprint density at radius 3 is 1.89 bits per heavy atom. The van der Waals surface area contributed by atoms with Crippen molar-refractivity contribution in [2.24, 2.45) is 0 Å². The standard InChI is InChI=1S/C31H42N2O5/c1-2-3-4-5-6-7-8-9-10-15-20-32-29(34)21-28(30(35)36)33-31(37)38-22-27-25-18-13-11-16-23(25)24-17-12-14-19-26(24)27/h11-14,16-19,27-28H,2-10,15,20-22H2,1H3,(H,32,34)(H,33,37)(H,35,36)/t28-/m1/s1. The first-order chi connectivity index (χ1) is 18.5. The highest BCUT2D eigenvalue weighted by Gasteiger charge is 2.30. The van der Waals surface area contributed by atoms with Crippen molar-refractivity contribution in [1.82, 2.24) is 10.6 Å². The Morgan fingerprint density at radius 1 is 0.816 bits per heavy atom. The summed E-state index contributed by atoms with van der Waals surface area (Å²) in [6, 6.07) is 14.6. The van der Waals surface area contributed by atoms with Crippen LogP contribution >= 0.6 is 0 Å². The van der Waals surface area contributed by atoms with Crippen LogP contribution in [0.4, 0.5) is 4.79 Å². The summed E-state index contributed by atoms with van der Waals surface area (Å²) in [5.41, 5.74) is 4.37. The summed E-state index contributed by atoms with van der Waals surface area (Å²) in [5.74, 6) is -1.79. The lowest BCUT2D eigenvalue weighted by atomic mass is 9.98. The molecule has 2 aromatic rings. The Kier molecular flexibility index (Phi) is 12.1. The van der Waals surface area contributed by atoms with Gasteiger partial charge in [-0.1, -0.05) is 113 Å². The first-order valence-electron chi connectivity index (χ1n) is 14.1. The van der Waals surface area contributed by atoms with Crippen LogP contribution in [0.1, 0.15) is 94.6 Å². The van der Waals surface area contributed by atoms with Crippen LogP contribution < -0.4 is 10.6 Å². The van der Waals surface area contributed by atoms with Crippen molar-refractivity contribution in [3.63, 3.8) is 0 Å². The molecule has 1 aliphatic rings. The summed E-state index contributed by atoms with van der Waals surface area (Å²) in [6.07, 6.45) is 10.9. The summed E-state index contributed by atoms with van der Waals surface area (Å²) in [5, 5.41) is 14.6. The fraction of sp³-hybridized carbons (Fsp3) is 0.516. The molecule has 7 nitrogen and oxygen atoms in total. The zero-order chi connectivity index (χ0) is 27.2. The van der Waals surface area contributed by atoms with Gasteiger partial charge in [0.05, 0.1) is 6.42 Å². The van der Waals surface area contributed by atoms with Crippen LogP contribution in [0.2, 0.25) is 0 Å². The van der Waals surface area contributed by atoms with Crippen molar-refractivity contribution in [3.05, 3.63) is 59.7 Å². The van der Waals surface area contributed by atoms with Gasteiger partial charge in [-0.2, -0.15) is 0 Å². The lowest BCUT2D eigenvalue weighted by Gasteiger charge is -2.17. The third-order valence-electron chi connectivity index (χ3n) is 7.18. The molecule has 0 saturated heterocycles. The number of hydrogen-bond donors (Lipinski definition) is 3. The lowest BCUT2D eigenvalue weighted by Crippen LogP contribution is -2.44. The number of carboxylic acid groups (broad SMARTS) is 1. The van der Waals surface area contributed by atoms with E-state index in [4.69, 9.17) is 4.74 Å². The van der Waals surface area contributed by atoms with E-state index in [0.717, 1.165) is 41.5 Å². The van der Waals surface area contributed by atoms with E-state index in [-0.39, 0.29) is 18.9 Å². The second kappa shape index (κ2) is 15.8. The number of hydrogen-bond acceptors (Lipinski definition) is 4. The molecular formula is C31H42N2O5. The molecular weight excluding hydrogens is 480 g/mol. The van der Waals surface area contributed by atoms with Gasteiger partial charge in [0.25, 0.3) is 0 Å². The number of benzene rings is 2. The molecule has 0 bridgehead atoms. The molecule has 2 amide bonds. The molecule has 38 heavy (non-hydrogen) atoms. The summed E-state index contributed by atoms with van der Waals surface area (Å²) in [6.45, 7) is 2.81. The number of carboxylic acids is 1. The molecule has 0 heterocycles. The van der Waals surface area contributed by atoms with E-state index in [9.17, 15) is 19.5 Å². The molecule has 3 rings (SSSR count). The number of aliphatic carboxylic acids is 1. The van der Waals surface area contributed by atoms with Crippen molar-refractivity contribution in [2.75, 3.05) is 13.2 Å². The highest BCUT2D eigenvalue weighted by atomic mass is 16.5. The van der Waals surface area contributed by atoms with Gasteiger partial charge in [-0.25, -0.2) is 9.59 Å². The molecule has 0 aliphatic heterocycles. The van der Waals surface area contributed by atoms with Gasteiger partial charge in [0, 0.05) is 12.5 Å². The fourth-order valence-corrected chi connectivity index (χ4v) is 5.08. The van der Waals surface area contributed by atoms with E-state index in [0.29, 0.717) is 6.54 Å². The van der Waals surface area contributed by atoms with Gasteiger partial charge < -0.3 is 20.5 Å². The van der Waals surface area contributed by atoms with Crippen molar-refractivity contribution in [1.29, 1.82) is 0 Å². The number of carbonyl (C=O) groups excluding carboxylic acids is 2. The average molecular weight is 523 g/mol. The van der Waals surface area contributed by atoms with Gasteiger partial charge in [0.15, 0.2) is 0 Å². The monoisotopic (exact) mass is 522 g/mol. The lowest BCUT2D eigenvalue weighted by molar-refractivity contribution is -0.141. The minimum atomic E-state index is -1.35. The number of nitrogens with one attached hydrogen (secondary N) is 2. The van der Waals surface area contributed by atoms with Crippen molar-refractivity contribution in [2.45, 2.75) is 89.5 Å². The number of amides is 2. The molecule has 1 aliphatic carbocycles. The zero-order valence-corrected chi connectivity index (χ0v) is 22.5. The maximum absolute atomic E-state index is 12.5. The topological polar surface area (TPSA) is 105 Å². The quantitative estimate of drug-likeness (QED) is 0.208. The first-order valence-corrected chi connectivity index (χ1v) is 14.1. The SMILES string of the molecule is CCCCCCCCCCCCNC(=O)C[C@@H](NC(=O)OCC1c2ccccc2-c2ccccc21)C(=O)O. The van der Waals surface area contributed by atoms with Gasteiger partial charge in [0.1, 0.15) is 12.6 Å². The normalized spacial score (nSPS) is 12.9. The molecule has 0 unspecified atom stereocenters. The molecule has 0 aromatic heterocycles. The smallest absolute Gasteiger partial charge is 0.407 e. The van der Waals surface area contributed by atoms with Crippen LogP contribution in [0.3, 0.4) is 0 Å². The van der Waals surface area contributed by atoms with E-state index in [2.05, 4.69) is 17.6 Å². The Labute approximate surface area is 226 Å². The molecule has 0 fully saturated rings. The van der Waals surface area contributed by atoms with Crippen LogP contribution in [-0.2, 0) is 14.3 Å². The molecule has 0 radical (unpaired) electrons. The summed E-state index contributed by atoms with van der Waals surface area (Å²) in [4.78, 5) is 36.4. The maximum Gasteiger partial charge on any atom is 0.407 e. The van der Waals surface area contributed by atoms with Crippen LogP contribution in [0.25, 0.3) is 11.1 Å². The minimum Gasteiger partial charge on any atom is -0.480 e. The highest BCUT2D eigenvalue weighted by Crippen LogP contribution is 2.44. The predicted molar refractivity (Wildman–Crippen MR) is 149 cm³/mol. The number of alkyl carbamates (subject to hydrolysis) is 1. The van der Waals surface area contributed by atoms with E-state index >= 15 is 0 Å². The van der Waals surface area contributed by atoms with Gasteiger partial charge in [-0.15, -0.1) is 0 Å². The maximum atomic E-state index is 12.5. The van der Waals surface area contributed by atoms with Crippen LogP contribution in [0.5, 0.6) is 0 Å². The van der Waals surface area contributed by atoms with Gasteiger partial charge >= 0.3 is 12.1 Å². The average Bonchev–Trinajstić information content (AvgIpc) is 3.23. The number of fused-ring (bicyclic) bond motifs is 3. The molecule has 0 spiro atoms. The number of rotatable bonds is 17. The Hall–Kier alpha value is -3.35. The third kappa shape index (κ3) is 8.89. The molecule has 1 atom stereocenters. The van der Waals surface area contributed by atoms with Crippen molar-refractivity contribution >= 4 is 18.0 Å². The van der Waals surface area contributed by atoms with Crippen molar-refractivity contribution < 1.29 is 24.2 Å². The third-order valence-corrected chi connectivity index (χ3v) is 7.18. The van der Waals surface area contributed by atoms with Gasteiger partial charge in [0.2, 0.25) is 5.91 Å². The fourth-order valence-electron chi connectivity index (χ4n) is 5.08. The summed E-state index contributed by atoms with van der Waals surface area (Å²) in [7, 11) is 0. The van der Waals surface area contributed by atoms with E-state index in [1.54, 1.807) is 0 Å². The predicted octanol–water partition coefficient (Wildman–Crippen LogP) is 6.41. The zero-order valence-electron chi connectivity index (χ0n) is 22.5. The first kappa shape index (κ1) is 29.2. The van der Waals surface area contributed by atoms with Crippen LogP contribution in [-0.4, -0.2) is 42.3 Å². The van der Waals surface area contributed by atoms with Gasteiger partial charge in [-0.3, -0.25) is 4.79 Å². The summed E-state index contributed by atoms with van der Waals surface area (Å²) >= 11 is 0. The molecule has 206 valence electrons.